The maximum atomic E-state index is 11.8. The highest BCUT2D eigenvalue weighted by atomic mass is 35.5. The van der Waals surface area contributed by atoms with Gasteiger partial charge in [-0.3, -0.25) is 9.59 Å². The third-order valence-electron chi connectivity index (χ3n) is 2.02. The second-order valence-corrected chi connectivity index (χ2v) is 4.86. The first-order chi connectivity index (χ1) is 8.54. The summed E-state index contributed by atoms with van der Waals surface area (Å²) in [4.78, 5) is 26.7. The molecule has 18 heavy (non-hydrogen) atoms. The van der Waals surface area contributed by atoms with Crippen LogP contribution in [0.4, 0.5) is 10.8 Å². The van der Waals surface area contributed by atoms with Crippen LogP contribution in [0.2, 0.25) is 5.02 Å². The Kier molecular flexibility index (Phi) is 3.59. The summed E-state index contributed by atoms with van der Waals surface area (Å²) < 4.78 is 0. The fourth-order valence-electron chi connectivity index (χ4n) is 1.26. The lowest BCUT2D eigenvalue weighted by atomic mass is 10.3. The summed E-state index contributed by atoms with van der Waals surface area (Å²) in [6.07, 6.45) is 0. The number of nitrogens with zero attached hydrogens (tertiary/aromatic N) is 1. The summed E-state index contributed by atoms with van der Waals surface area (Å²) in [5.41, 5.74) is 5.47. The molecule has 0 aliphatic rings. The first-order valence-electron chi connectivity index (χ1n) is 4.89. The molecule has 3 N–H and O–H groups in total. The number of aromatic nitrogens is 1. The molecule has 2 aromatic rings. The lowest BCUT2D eigenvalue weighted by molar-refractivity contribution is 0.103. The van der Waals surface area contributed by atoms with Crippen molar-refractivity contribution in [3.63, 3.8) is 0 Å². The second kappa shape index (κ2) is 5.16. The van der Waals surface area contributed by atoms with Crippen molar-refractivity contribution in [3.8, 4) is 0 Å². The van der Waals surface area contributed by atoms with Crippen molar-refractivity contribution in [1.82, 2.24) is 4.98 Å². The van der Waals surface area contributed by atoms with Crippen molar-refractivity contribution >= 4 is 39.7 Å². The molecule has 0 aliphatic heterocycles. The smallest absolute Gasteiger partial charge is 0.273 e. The monoisotopic (exact) mass is 281 g/mol. The molecule has 2 rings (SSSR count). The minimum absolute atomic E-state index is 0.0590. The Balaban J connectivity index is 2.21. The molecule has 5 nitrogen and oxygen atoms in total. The Morgan fingerprint density at radius 3 is 2.61 bits per heavy atom. The topological polar surface area (TPSA) is 85.1 Å². The van der Waals surface area contributed by atoms with Gasteiger partial charge in [0.05, 0.1) is 0 Å². The standard InChI is InChI=1S/C11H8ClN3O2S/c12-6-1-3-7(4-2-6)14-10(17)8-5-9(16)15-11(13)18-8/h1-5H,(H,14,17)(H2,13,15,16). The third kappa shape index (κ3) is 3.06. The van der Waals surface area contributed by atoms with E-state index in [1.54, 1.807) is 24.3 Å². The number of carbonyl (C=O) groups is 1. The number of nitrogen functional groups attached to an aromatic ring is 1. The highest BCUT2D eigenvalue weighted by Gasteiger charge is 2.09. The van der Waals surface area contributed by atoms with Gasteiger partial charge < -0.3 is 11.1 Å². The number of rotatable bonds is 2. The van der Waals surface area contributed by atoms with Gasteiger partial charge in [-0.05, 0) is 24.3 Å². The van der Waals surface area contributed by atoms with Gasteiger partial charge in [-0.1, -0.05) is 22.9 Å². The summed E-state index contributed by atoms with van der Waals surface area (Å²) >= 11 is 6.68. The minimum Gasteiger partial charge on any atom is -0.375 e. The van der Waals surface area contributed by atoms with E-state index in [9.17, 15) is 9.59 Å². The maximum Gasteiger partial charge on any atom is 0.273 e. The van der Waals surface area contributed by atoms with E-state index < -0.39 is 11.5 Å². The zero-order valence-corrected chi connectivity index (χ0v) is 10.6. The van der Waals surface area contributed by atoms with Gasteiger partial charge in [0.25, 0.3) is 11.5 Å². The highest BCUT2D eigenvalue weighted by molar-refractivity contribution is 7.17. The van der Waals surface area contributed by atoms with Gasteiger partial charge in [0.2, 0.25) is 0 Å². The average molecular weight is 282 g/mol. The highest BCUT2D eigenvalue weighted by Crippen LogP contribution is 2.16. The molecule has 0 atom stereocenters. The van der Waals surface area contributed by atoms with E-state index in [1.165, 1.54) is 0 Å². The largest absolute Gasteiger partial charge is 0.375 e. The Bertz CT molecular complexity index is 639. The van der Waals surface area contributed by atoms with Gasteiger partial charge in [0.15, 0.2) is 5.13 Å². The molecule has 0 saturated heterocycles. The number of anilines is 2. The van der Waals surface area contributed by atoms with Crippen molar-refractivity contribution in [3.05, 3.63) is 50.6 Å². The Hall–Kier alpha value is -1.92. The summed E-state index contributed by atoms with van der Waals surface area (Å²) in [7, 11) is 0. The fourth-order valence-corrected chi connectivity index (χ4v) is 2.05. The molecule has 0 spiro atoms. The Morgan fingerprint density at radius 2 is 2.00 bits per heavy atom. The SMILES string of the molecule is Nc1nc(=O)cc(C(=O)Nc2ccc(Cl)cc2)s1. The lowest BCUT2D eigenvalue weighted by Gasteiger charge is -2.04. The molecule has 0 fully saturated rings. The number of benzene rings is 1. The molecule has 1 aromatic carbocycles. The number of halogens is 1. The molecule has 1 amide bonds. The number of nitrogens with two attached hydrogens (primary N) is 1. The van der Waals surface area contributed by atoms with Crippen molar-refractivity contribution < 1.29 is 4.79 Å². The van der Waals surface area contributed by atoms with Gasteiger partial charge in [0.1, 0.15) is 4.88 Å². The summed E-state index contributed by atoms with van der Waals surface area (Å²) in [5.74, 6) is -0.409. The van der Waals surface area contributed by atoms with Crippen LogP contribution in [0.1, 0.15) is 9.67 Å². The van der Waals surface area contributed by atoms with Crippen LogP contribution in [0.3, 0.4) is 0 Å². The van der Waals surface area contributed by atoms with Crippen molar-refractivity contribution in [1.29, 1.82) is 0 Å². The molecule has 0 saturated carbocycles. The van der Waals surface area contributed by atoms with Crippen LogP contribution >= 0.6 is 22.9 Å². The summed E-state index contributed by atoms with van der Waals surface area (Å²) in [5, 5.41) is 3.26. The maximum absolute atomic E-state index is 11.8. The van der Waals surface area contributed by atoms with Gasteiger partial charge in [-0.15, -0.1) is 0 Å². The van der Waals surface area contributed by atoms with Crippen LogP contribution in [0, 0.1) is 0 Å². The van der Waals surface area contributed by atoms with Gasteiger partial charge in [-0.25, -0.2) is 0 Å². The third-order valence-corrected chi connectivity index (χ3v) is 3.09. The number of hydrogen-bond donors (Lipinski definition) is 2. The number of carbonyl (C=O) groups excluding carboxylic acids is 1. The molecule has 1 heterocycles. The fraction of sp³-hybridized carbons (Fsp3) is 0. The first-order valence-corrected chi connectivity index (χ1v) is 6.08. The average Bonchev–Trinajstić information content (AvgIpc) is 2.31. The van der Waals surface area contributed by atoms with Crippen molar-refractivity contribution in [2.24, 2.45) is 0 Å². The molecular formula is C11H8ClN3O2S. The predicted octanol–water partition coefficient (Wildman–Crippen LogP) is 1.99. The molecule has 1 aromatic heterocycles. The van der Waals surface area contributed by atoms with E-state index >= 15 is 0 Å². The van der Waals surface area contributed by atoms with Crippen LogP contribution in [0.5, 0.6) is 0 Å². The van der Waals surface area contributed by atoms with Gasteiger partial charge in [0, 0.05) is 16.8 Å². The molecule has 0 aliphatic carbocycles. The zero-order valence-electron chi connectivity index (χ0n) is 9.01. The summed E-state index contributed by atoms with van der Waals surface area (Å²) in [6.45, 7) is 0. The van der Waals surface area contributed by atoms with Crippen LogP contribution in [-0.4, -0.2) is 10.9 Å². The van der Waals surface area contributed by atoms with E-state index in [4.69, 9.17) is 17.3 Å². The molecule has 0 bridgehead atoms. The number of hydrogen-bond acceptors (Lipinski definition) is 5. The van der Waals surface area contributed by atoms with E-state index in [-0.39, 0.29) is 10.0 Å². The molecule has 92 valence electrons. The number of amides is 1. The van der Waals surface area contributed by atoms with E-state index in [2.05, 4.69) is 10.3 Å². The minimum atomic E-state index is -0.535. The van der Waals surface area contributed by atoms with Crippen molar-refractivity contribution in [2.45, 2.75) is 0 Å². The molecular weight excluding hydrogens is 274 g/mol. The van der Waals surface area contributed by atoms with Crippen LogP contribution in [0.15, 0.2) is 35.1 Å². The van der Waals surface area contributed by atoms with E-state index in [0.29, 0.717) is 10.7 Å². The van der Waals surface area contributed by atoms with Gasteiger partial charge >= 0.3 is 0 Å². The van der Waals surface area contributed by atoms with E-state index in [1.807, 2.05) is 0 Å². The van der Waals surface area contributed by atoms with Crippen molar-refractivity contribution in [2.75, 3.05) is 11.1 Å². The normalized spacial score (nSPS) is 10.1. The number of nitrogens with one attached hydrogen (secondary N) is 1. The molecule has 7 heteroatoms. The van der Waals surface area contributed by atoms with E-state index in [0.717, 1.165) is 17.4 Å². The van der Waals surface area contributed by atoms with Crippen LogP contribution in [-0.2, 0) is 0 Å². The molecule has 0 unspecified atom stereocenters. The van der Waals surface area contributed by atoms with Gasteiger partial charge in [-0.2, -0.15) is 4.98 Å². The molecule has 0 radical (unpaired) electrons. The van der Waals surface area contributed by atoms with Crippen LogP contribution < -0.4 is 16.6 Å². The first kappa shape index (κ1) is 12.5. The predicted molar refractivity (Wildman–Crippen MR) is 72.2 cm³/mol. The van der Waals surface area contributed by atoms with Crippen LogP contribution in [0.25, 0.3) is 0 Å². The quantitative estimate of drug-likeness (QED) is 0.881. The summed E-state index contributed by atoms with van der Waals surface area (Å²) in [6, 6.07) is 7.77. The Morgan fingerprint density at radius 1 is 1.33 bits per heavy atom. The lowest BCUT2D eigenvalue weighted by Crippen LogP contribution is -2.15. The Labute approximate surface area is 111 Å². The second-order valence-electron chi connectivity index (χ2n) is 3.36. The zero-order chi connectivity index (χ0) is 13.1.